The summed E-state index contributed by atoms with van der Waals surface area (Å²) >= 11 is 0. The maximum atomic E-state index is 9.74. The summed E-state index contributed by atoms with van der Waals surface area (Å²) in [7, 11) is 0. The van der Waals surface area contributed by atoms with Crippen molar-refractivity contribution in [2.45, 2.75) is 51.7 Å². The number of aliphatic hydroxyl groups excluding tert-OH is 1. The van der Waals surface area contributed by atoms with Crippen LogP contribution in [0, 0.1) is 5.92 Å². The highest BCUT2D eigenvalue weighted by molar-refractivity contribution is 5.24. The van der Waals surface area contributed by atoms with Gasteiger partial charge in [-0.25, -0.2) is 0 Å². The highest BCUT2D eigenvalue weighted by Crippen LogP contribution is 2.24. The van der Waals surface area contributed by atoms with E-state index >= 15 is 0 Å². The molecule has 100 valence electrons. The lowest BCUT2D eigenvalue weighted by molar-refractivity contribution is 0.131. The lowest BCUT2D eigenvalue weighted by Crippen LogP contribution is -2.27. The van der Waals surface area contributed by atoms with Crippen molar-refractivity contribution in [3.05, 3.63) is 35.4 Å². The summed E-state index contributed by atoms with van der Waals surface area (Å²) in [6.07, 6.45) is 3.24. The number of hydrogen-bond acceptors (Lipinski definition) is 2. The van der Waals surface area contributed by atoms with Crippen molar-refractivity contribution >= 4 is 0 Å². The van der Waals surface area contributed by atoms with Crippen LogP contribution in [0.15, 0.2) is 24.3 Å². The molecule has 0 heterocycles. The predicted molar refractivity (Wildman–Crippen MR) is 75.6 cm³/mol. The van der Waals surface area contributed by atoms with Crippen molar-refractivity contribution in [3.8, 4) is 0 Å². The van der Waals surface area contributed by atoms with Crippen LogP contribution >= 0.6 is 0 Å². The fourth-order valence-electron chi connectivity index (χ4n) is 2.68. The number of benzene rings is 1. The maximum Gasteiger partial charge on any atom is 0.0580 e. The monoisotopic (exact) mass is 247 g/mol. The number of hydrogen-bond donors (Lipinski definition) is 2. The summed E-state index contributed by atoms with van der Waals surface area (Å²) in [6.45, 7) is 6.28. The van der Waals surface area contributed by atoms with Gasteiger partial charge in [-0.3, -0.25) is 0 Å². The van der Waals surface area contributed by atoms with Crippen molar-refractivity contribution < 1.29 is 5.11 Å². The summed E-state index contributed by atoms with van der Waals surface area (Å²) in [5.41, 5.74) is 2.72. The predicted octanol–water partition coefficient (Wildman–Crippen LogP) is 3.06. The summed E-state index contributed by atoms with van der Waals surface area (Å²) in [5, 5.41) is 13.2. The Morgan fingerprint density at radius 3 is 2.50 bits per heavy atom. The molecule has 0 spiro atoms. The number of aliphatic hydroxyl groups is 1. The van der Waals surface area contributed by atoms with Crippen LogP contribution in [0.3, 0.4) is 0 Å². The van der Waals surface area contributed by atoms with Gasteiger partial charge in [-0.15, -0.1) is 0 Å². The third kappa shape index (κ3) is 3.56. The van der Waals surface area contributed by atoms with Crippen LogP contribution in [-0.4, -0.2) is 17.8 Å². The van der Waals surface area contributed by atoms with E-state index in [2.05, 4.69) is 43.4 Å². The van der Waals surface area contributed by atoms with Crippen LogP contribution in [0.4, 0.5) is 0 Å². The van der Waals surface area contributed by atoms with E-state index in [-0.39, 0.29) is 6.10 Å². The van der Waals surface area contributed by atoms with Gasteiger partial charge in [-0.2, -0.15) is 0 Å². The molecular formula is C16H25NO. The van der Waals surface area contributed by atoms with Crippen molar-refractivity contribution in [2.75, 3.05) is 6.54 Å². The first-order valence-corrected chi connectivity index (χ1v) is 7.14. The molecule has 2 atom stereocenters. The summed E-state index contributed by atoms with van der Waals surface area (Å²) in [6, 6.07) is 8.83. The highest BCUT2D eigenvalue weighted by Gasteiger charge is 2.24. The fourth-order valence-corrected chi connectivity index (χ4v) is 2.68. The maximum absolute atomic E-state index is 9.74. The molecule has 18 heavy (non-hydrogen) atoms. The van der Waals surface area contributed by atoms with E-state index in [1.54, 1.807) is 0 Å². The Kier molecular flexibility index (Phi) is 4.79. The van der Waals surface area contributed by atoms with Gasteiger partial charge in [-0.1, -0.05) is 44.5 Å². The molecule has 0 bridgehead atoms. The van der Waals surface area contributed by atoms with E-state index in [0.29, 0.717) is 11.8 Å². The van der Waals surface area contributed by atoms with Gasteiger partial charge in [-0.05, 0) is 35.8 Å². The second-order valence-corrected chi connectivity index (χ2v) is 5.79. The molecule has 1 saturated carbocycles. The molecule has 2 unspecified atom stereocenters. The van der Waals surface area contributed by atoms with Gasteiger partial charge in [0, 0.05) is 13.1 Å². The molecule has 0 amide bonds. The molecule has 2 N–H and O–H groups in total. The minimum atomic E-state index is -0.0826. The van der Waals surface area contributed by atoms with E-state index in [0.717, 1.165) is 19.5 Å². The SMILES string of the molecule is CC(C)c1ccc(CNCC2CCCC2O)cc1. The minimum Gasteiger partial charge on any atom is -0.393 e. The normalized spacial score (nSPS) is 23.8. The van der Waals surface area contributed by atoms with Gasteiger partial charge >= 0.3 is 0 Å². The lowest BCUT2D eigenvalue weighted by atomic mass is 10.0. The third-order valence-corrected chi connectivity index (χ3v) is 4.00. The summed E-state index contributed by atoms with van der Waals surface area (Å²) in [5.74, 6) is 1.06. The smallest absolute Gasteiger partial charge is 0.0580 e. The molecule has 0 aromatic heterocycles. The standard InChI is InChI=1S/C16H25NO/c1-12(2)14-8-6-13(7-9-14)10-17-11-15-4-3-5-16(15)18/h6-9,12,15-18H,3-5,10-11H2,1-2H3. The molecule has 1 aromatic carbocycles. The molecule has 2 heteroatoms. The molecule has 2 nitrogen and oxygen atoms in total. The molecule has 1 aromatic rings. The first-order valence-electron chi connectivity index (χ1n) is 7.14. The average Bonchev–Trinajstić information content (AvgIpc) is 2.76. The topological polar surface area (TPSA) is 32.3 Å². The molecule has 0 saturated heterocycles. The van der Waals surface area contributed by atoms with Gasteiger partial charge in [0.25, 0.3) is 0 Å². The molecule has 1 fully saturated rings. The van der Waals surface area contributed by atoms with Gasteiger partial charge in [0.05, 0.1) is 6.10 Å². The van der Waals surface area contributed by atoms with Gasteiger partial charge in [0.1, 0.15) is 0 Å². The first kappa shape index (κ1) is 13.6. The zero-order valence-electron chi connectivity index (χ0n) is 11.5. The quantitative estimate of drug-likeness (QED) is 0.838. The van der Waals surface area contributed by atoms with Gasteiger partial charge in [0.2, 0.25) is 0 Å². The fraction of sp³-hybridized carbons (Fsp3) is 0.625. The van der Waals surface area contributed by atoms with Crippen LogP contribution in [-0.2, 0) is 6.54 Å². The molecule has 0 radical (unpaired) electrons. The Balaban J connectivity index is 1.76. The van der Waals surface area contributed by atoms with E-state index in [4.69, 9.17) is 0 Å². The Morgan fingerprint density at radius 2 is 1.94 bits per heavy atom. The van der Waals surface area contributed by atoms with Crippen molar-refractivity contribution in [3.63, 3.8) is 0 Å². The summed E-state index contributed by atoms with van der Waals surface area (Å²) < 4.78 is 0. The lowest BCUT2D eigenvalue weighted by Gasteiger charge is -2.15. The van der Waals surface area contributed by atoms with Crippen LogP contribution < -0.4 is 5.32 Å². The van der Waals surface area contributed by atoms with E-state index in [1.165, 1.54) is 24.0 Å². The highest BCUT2D eigenvalue weighted by atomic mass is 16.3. The van der Waals surface area contributed by atoms with Crippen molar-refractivity contribution in [1.29, 1.82) is 0 Å². The van der Waals surface area contributed by atoms with Crippen molar-refractivity contribution in [1.82, 2.24) is 5.32 Å². The zero-order valence-corrected chi connectivity index (χ0v) is 11.5. The van der Waals surface area contributed by atoms with E-state index in [1.807, 2.05) is 0 Å². The first-order chi connectivity index (χ1) is 8.66. The molecule has 1 aliphatic carbocycles. The Labute approximate surface area is 110 Å². The van der Waals surface area contributed by atoms with Gasteiger partial charge in [0.15, 0.2) is 0 Å². The molecular weight excluding hydrogens is 222 g/mol. The largest absolute Gasteiger partial charge is 0.393 e. The van der Waals surface area contributed by atoms with Crippen LogP contribution in [0.1, 0.15) is 50.2 Å². The second-order valence-electron chi connectivity index (χ2n) is 5.79. The van der Waals surface area contributed by atoms with Crippen LogP contribution in [0.5, 0.6) is 0 Å². The number of rotatable bonds is 5. The Bertz CT molecular complexity index is 358. The van der Waals surface area contributed by atoms with Crippen molar-refractivity contribution in [2.24, 2.45) is 5.92 Å². The number of nitrogens with one attached hydrogen (secondary N) is 1. The molecule has 1 aliphatic rings. The molecule has 0 aliphatic heterocycles. The van der Waals surface area contributed by atoms with Crippen LogP contribution in [0.2, 0.25) is 0 Å². The molecule has 2 rings (SSSR count). The van der Waals surface area contributed by atoms with E-state index in [9.17, 15) is 5.11 Å². The minimum absolute atomic E-state index is 0.0826. The van der Waals surface area contributed by atoms with E-state index < -0.39 is 0 Å². The third-order valence-electron chi connectivity index (χ3n) is 4.00. The Morgan fingerprint density at radius 1 is 1.22 bits per heavy atom. The zero-order chi connectivity index (χ0) is 13.0. The van der Waals surface area contributed by atoms with Crippen LogP contribution in [0.25, 0.3) is 0 Å². The van der Waals surface area contributed by atoms with Gasteiger partial charge < -0.3 is 10.4 Å². The second kappa shape index (κ2) is 6.35. The average molecular weight is 247 g/mol. The summed E-state index contributed by atoms with van der Waals surface area (Å²) in [4.78, 5) is 0. The Hall–Kier alpha value is -0.860.